The fraction of sp³-hybridized carbons (Fsp3) is 0.692. The molecule has 2 rings (SSSR count). The monoisotopic (exact) mass is 283 g/mol. The predicted molar refractivity (Wildman–Crippen MR) is 77.8 cm³/mol. The average molecular weight is 283 g/mol. The number of esters is 1. The third kappa shape index (κ3) is 3.18. The molecule has 0 spiro atoms. The Balaban J connectivity index is 2.20. The van der Waals surface area contributed by atoms with Crippen molar-refractivity contribution < 1.29 is 9.53 Å². The van der Waals surface area contributed by atoms with Gasteiger partial charge in [-0.3, -0.25) is 0 Å². The maximum atomic E-state index is 11.9. The van der Waals surface area contributed by atoms with Gasteiger partial charge in [0, 0.05) is 13.1 Å². The molecule has 6 heteroatoms. The Morgan fingerprint density at radius 1 is 1.47 bits per heavy atom. The van der Waals surface area contributed by atoms with E-state index in [1.165, 1.54) is 30.6 Å². The molecule has 1 aliphatic carbocycles. The van der Waals surface area contributed by atoms with Gasteiger partial charge >= 0.3 is 5.97 Å². The fourth-order valence-corrected chi connectivity index (χ4v) is 3.30. The molecule has 1 saturated carbocycles. The number of carbonyl (C=O) groups excluding carboxylic acids is 1. The maximum Gasteiger partial charge on any atom is 0.352 e. The van der Waals surface area contributed by atoms with Crippen LogP contribution in [0.15, 0.2) is 0 Å². The van der Waals surface area contributed by atoms with E-state index in [-0.39, 0.29) is 5.97 Å². The number of ether oxygens (including phenoxy) is 1. The molecule has 0 aromatic carbocycles. The second-order valence-electron chi connectivity index (χ2n) is 4.83. The van der Waals surface area contributed by atoms with Gasteiger partial charge < -0.3 is 15.4 Å². The van der Waals surface area contributed by atoms with Crippen LogP contribution in [0.25, 0.3) is 0 Å². The molecule has 1 aliphatic rings. The van der Waals surface area contributed by atoms with Crippen LogP contribution in [0.5, 0.6) is 0 Å². The molecule has 1 aromatic rings. The summed E-state index contributed by atoms with van der Waals surface area (Å²) >= 11 is 1.21. The lowest BCUT2D eigenvalue weighted by molar-refractivity contribution is 0.0532. The minimum absolute atomic E-state index is 0.325. The number of thiazole rings is 1. The largest absolute Gasteiger partial charge is 0.462 e. The van der Waals surface area contributed by atoms with Gasteiger partial charge in [-0.2, -0.15) is 0 Å². The third-order valence-corrected chi connectivity index (χ3v) is 4.40. The van der Waals surface area contributed by atoms with Crippen LogP contribution in [0.4, 0.5) is 10.9 Å². The van der Waals surface area contributed by atoms with Crippen molar-refractivity contribution in [2.24, 2.45) is 0 Å². The van der Waals surface area contributed by atoms with Crippen LogP contribution in [0.2, 0.25) is 0 Å². The van der Waals surface area contributed by atoms with Crippen LogP contribution in [-0.4, -0.2) is 30.6 Å². The first-order chi connectivity index (χ1) is 9.13. The molecule has 0 saturated heterocycles. The van der Waals surface area contributed by atoms with Crippen molar-refractivity contribution in [1.82, 2.24) is 4.98 Å². The summed E-state index contributed by atoms with van der Waals surface area (Å²) in [6.45, 7) is 2.16. The molecular weight excluding hydrogens is 262 g/mol. The standard InChI is InChI=1S/C13H21N3O2S/c1-3-18-12(17)10-11(15-13(14)19-10)16(2)9-7-5-4-6-8-9/h9H,3-8H2,1-2H3,(H2,14,15). The number of hydrogen-bond acceptors (Lipinski definition) is 6. The van der Waals surface area contributed by atoms with Crippen LogP contribution in [0, 0.1) is 0 Å². The third-order valence-electron chi connectivity index (χ3n) is 3.54. The van der Waals surface area contributed by atoms with E-state index >= 15 is 0 Å². The van der Waals surface area contributed by atoms with Gasteiger partial charge in [0.2, 0.25) is 0 Å². The van der Waals surface area contributed by atoms with Gasteiger partial charge in [0.05, 0.1) is 6.61 Å². The number of nitrogens with two attached hydrogens (primary N) is 1. The van der Waals surface area contributed by atoms with E-state index in [9.17, 15) is 4.79 Å². The highest BCUT2D eigenvalue weighted by Crippen LogP contribution is 2.32. The molecule has 0 radical (unpaired) electrons. The van der Waals surface area contributed by atoms with Crippen molar-refractivity contribution in [2.75, 3.05) is 24.3 Å². The first-order valence-electron chi connectivity index (χ1n) is 6.79. The Morgan fingerprint density at radius 2 is 2.16 bits per heavy atom. The van der Waals surface area contributed by atoms with Crippen molar-refractivity contribution >= 4 is 28.3 Å². The number of nitrogens with zero attached hydrogens (tertiary/aromatic N) is 2. The van der Waals surface area contributed by atoms with Crippen molar-refractivity contribution in [3.8, 4) is 0 Å². The first kappa shape index (κ1) is 14.1. The van der Waals surface area contributed by atoms with E-state index in [1.54, 1.807) is 6.92 Å². The van der Waals surface area contributed by atoms with Crippen molar-refractivity contribution in [3.05, 3.63) is 4.88 Å². The zero-order valence-corrected chi connectivity index (χ0v) is 12.3. The molecule has 0 bridgehead atoms. The smallest absolute Gasteiger partial charge is 0.352 e. The molecule has 1 heterocycles. The normalized spacial score (nSPS) is 16.3. The zero-order chi connectivity index (χ0) is 13.8. The lowest BCUT2D eigenvalue weighted by Crippen LogP contribution is -2.34. The summed E-state index contributed by atoms with van der Waals surface area (Å²) in [6, 6.07) is 0.448. The van der Waals surface area contributed by atoms with E-state index in [2.05, 4.69) is 9.88 Å². The van der Waals surface area contributed by atoms with Crippen LogP contribution < -0.4 is 10.6 Å². The van der Waals surface area contributed by atoms with E-state index in [0.717, 1.165) is 12.8 Å². The molecular formula is C13H21N3O2S. The number of hydrogen-bond donors (Lipinski definition) is 1. The second kappa shape index (κ2) is 6.23. The number of carbonyl (C=O) groups is 1. The fourth-order valence-electron chi connectivity index (χ4n) is 2.54. The summed E-state index contributed by atoms with van der Waals surface area (Å²) < 4.78 is 5.07. The van der Waals surface area contributed by atoms with Gasteiger partial charge in [0.25, 0.3) is 0 Å². The summed E-state index contributed by atoms with van der Waals surface area (Å²) in [6.07, 6.45) is 6.08. The summed E-state index contributed by atoms with van der Waals surface area (Å²) in [4.78, 5) is 18.9. The van der Waals surface area contributed by atoms with Crippen LogP contribution >= 0.6 is 11.3 Å². The minimum Gasteiger partial charge on any atom is -0.462 e. The van der Waals surface area contributed by atoms with Gasteiger partial charge in [-0.15, -0.1) is 0 Å². The van der Waals surface area contributed by atoms with E-state index in [1.807, 2.05) is 7.05 Å². The highest BCUT2D eigenvalue weighted by atomic mass is 32.1. The van der Waals surface area contributed by atoms with Crippen LogP contribution in [-0.2, 0) is 4.74 Å². The quantitative estimate of drug-likeness (QED) is 0.860. The number of aromatic nitrogens is 1. The van der Waals surface area contributed by atoms with E-state index in [4.69, 9.17) is 10.5 Å². The summed E-state index contributed by atoms with van der Waals surface area (Å²) in [5, 5.41) is 0.417. The molecule has 1 aromatic heterocycles. The Labute approximate surface area is 117 Å². The summed E-state index contributed by atoms with van der Waals surface area (Å²) in [5.74, 6) is 0.349. The molecule has 5 nitrogen and oxygen atoms in total. The van der Waals surface area contributed by atoms with Gasteiger partial charge in [-0.05, 0) is 19.8 Å². The van der Waals surface area contributed by atoms with Gasteiger partial charge in [-0.25, -0.2) is 9.78 Å². The van der Waals surface area contributed by atoms with E-state index < -0.39 is 0 Å². The summed E-state index contributed by atoms with van der Waals surface area (Å²) in [7, 11) is 1.99. The van der Waals surface area contributed by atoms with Crippen LogP contribution in [0.3, 0.4) is 0 Å². The highest BCUT2D eigenvalue weighted by Gasteiger charge is 2.26. The molecule has 106 valence electrons. The molecule has 0 amide bonds. The van der Waals surface area contributed by atoms with Gasteiger partial charge in [-0.1, -0.05) is 30.6 Å². The number of anilines is 2. The highest BCUT2D eigenvalue weighted by molar-refractivity contribution is 7.17. The lowest BCUT2D eigenvalue weighted by Gasteiger charge is -2.31. The Morgan fingerprint density at radius 3 is 2.79 bits per heavy atom. The molecule has 0 aliphatic heterocycles. The topological polar surface area (TPSA) is 68.5 Å². The van der Waals surface area contributed by atoms with Crippen molar-refractivity contribution in [2.45, 2.75) is 45.1 Å². The first-order valence-corrected chi connectivity index (χ1v) is 7.61. The maximum absolute atomic E-state index is 11.9. The number of rotatable bonds is 4. The molecule has 0 unspecified atom stereocenters. The Hall–Kier alpha value is -1.30. The zero-order valence-electron chi connectivity index (χ0n) is 11.5. The van der Waals surface area contributed by atoms with Crippen LogP contribution in [0.1, 0.15) is 48.7 Å². The van der Waals surface area contributed by atoms with E-state index in [0.29, 0.717) is 28.5 Å². The number of nitrogen functional groups attached to an aromatic ring is 1. The SMILES string of the molecule is CCOC(=O)c1sc(N)nc1N(C)C1CCCCC1. The summed E-state index contributed by atoms with van der Waals surface area (Å²) in [5.41, 5.74) is 5.75. The predicted octanol–water partition coefficient (Wildman–Crippen LogP) is 2.67. The minimum atomic E-state index is -0.325. The lowest BCUT2D eigenvalue weighted by atomic mass is 9.94. The molecule has 2 N–H and O–H groups in total. The van der Waals surface area contributed by atoms with Gasteiger partial charge in [0.15, 0.2) is 15.8 Å². The molecule has 0 atom stereocenters. The Kier molecular flexibility index (Phi) is 4.63. The van der Waals surface area contributed by atoms with Crippen molar-refractivity contribution in [1.29, 1.82) is 0 Å². The van der Waals surface area contributed by atoms with Crippen molar-refractivity contribution in [3.63, 3.8) is 0 Å². The second-order valence-corrected chi connectivity index (χ2v) is 5.86. The average Bonchev–Trinajstić information content (AvgIpc) is 2.81. The van der Waals surface area contributed by atoms with Gasteiger partial charge in [0.1, 0.15) is 0 Å². The molecule has 19 heavy (non-hydrogen) atoms. The Bertz CT molecular complexity index is 441. The molecule has 1 fully saturated rings.